The summed E-state index contributed by atoms with van der Waals surface area (Å²) in [5, 5.41) is 27.9. The molecule has 0 saturated heterocycles. The summed E-state index contributed by atoms with van der Waals surface area (Å²) in [5.74, 6) is 1.31. The molecule has 4 aromatic rings. The summed E-state index contributed by atoms with van der Waals surface area (Å²) in [6, 6.07) is 18.5. The van der Waals surface area contributed by atoms with Gasteiger partial charge in [-0.2, -0.15) is 0 Å². The number of nitrogens with zero attached hydrogens (tertiary/aromatic N) is 2. The van der Waals surface area contributed by atoms with Crippen molar-refractivity contribution in [2.24, 2.45) is 0 Å². The predicted molar refractivity (Wildman–Crippen MR) is 192 cm³/mol. The van der Waals surface area contributed by atoms with Gasteiger partial charge in [-0.15, -0.1) is 0 Å². The molecule has 8 nitrogen and oxygen atoms in total. The number of benzene rings is 2. The molecule has 2 aromatic heterocycles. The average Bonchev–Trinajstić information content (AvgIpc) is 3.11. The standard InChI is InChI=1S/C38H44Cl2N4O4/c1-47-34-20-23(6-7-24(34)21-42-26-9-13-28(45)14-10-26)37-36(40)31(18-19-41-37)30-4-3-5-32(35(30)39)33-17-8-25(38(44-33)48-2)22-43-27-11-15-29(46)16-12-27/h3-8,17-20,26-29,42-43,45-46H,9-16,21-22H2,1-2H3. The zero-order valence-electron chi connectivity index (χ0n) is 27.5. The Hall–Kier alpha value is -3.24. The first kappa shape index (κ1) is 34.6. The maximum atomic E-state index is 9.83. The van der Waals surface area contributed by atoms with E-state index in [4.69, 9.17) is 37.7 Å². The van der Waals surface area contributed by atoms with Gasteiger partial charge in [0.1, 0.15) is 5.75 Å². The summed E-state index contributed by atoms with van der Waals surface area (Å²) in [7, 11) is 3.30. The Morgan fingerprint density at radius 3 is 1.96 bits per heavy atom. The number of aliphatic hydroxyl groups is 2. The number of methoxy groups -OCH3 is 2. The zero-order chi connectivity index (χ0) is 33.6. The van der Waals surface area contributed by atoms with Gasteiger partial charge in [0.2, 0.25) is 5.88 Å². The molecular weight excluding hydrogens is 647 g/mol. The molecule has 6 rings (SSSR count). The van der Waals surface area contributed by atoms with E-state index in [0.717, 1.165) is 90.5 Å². The van der Waals surface area contributed by atoms with E-state index in [0.29, 0.717) is 52.5 Å². The number of halogens is 2. The van der Waals surface area contributed by atoms with Crippen LogP contribution in [0.4, 0.5) is 0 Å². The van der Waals surface area contributed by atoms with E-state index in [9.17, 15) is 10.2 Å². The molecule has 2 fully saturated rings. The van der Waals surface area contributed by atoms with Gasteiger partial charge >= 0.3 is 0 Å². The predicted octanol–water partition coefficient (Wildman–Crippen LogP) is 7.59. The normalized spacial score (nSPS) is 21.2. The number of ether oxygens (including phenoxy) is 2. The third kappa shape index (κ3) is 7.96. The second kappa shape index (κ2) is 16.0. The number of rotatable bonds is 11. The van der Waals surface area contributed by atoms with Crippen molar-refractivity contribution in [2.75, 3.05) is 14.2 Å². The molecule has 254 valence electrons. The maximum absolute atomic E-state index is 9.83. The Kier molecular flexibility index (Phi) is 11.5. The van der Waals surface area contributed by atoms with E-state index in [1.165, 1.54) is 0 Å². The van der Waals surface area contributed by atoms with E-state index in [2.05, 4.69) is 21.7 Å². The monoisotopic (exact) mass is 690 g/mol. The van der Waals surface area contributed by atoms with Crippen LogP contribution in [0.15, 0.2) is 60.8 Å². The number of hydrogen-bond acceptors (Lipinski definition) is 8. The number of hydrogen-bond donors (Lipinski definition) is 4. The molecule has 0 unspecified atom stereocenters. The van der Waals surface area contributed by atoms with E-state index < -0.39 is 0 Å². The van der Waals surface area contributed by atoms with Gasteiger partial charge in [0, 0.05) is 64.8 Å². The molecule has 2 saturated carbocycles. The summed E-state index contributed by atoms with van der Waals surface area (Å²) >= 11 is 14.2. The topological polar surface area (TPSA) is 109 Å². The molecule has 4 N–H and O–H groups in total. The average molecular weight is 692 g/mol. The minimum atomic E-state index is -0.181. The van der Waals surface area contributed by atoms with Crippen LogP contribution in [0.25, 0.3) is 33.6 Å². The van der Waals surface area contributed by atoms with Crippen molar-refractivity contribution in [3.05, 3.63) is 82.0 Å². The number of aromatic nitrogens is 2. The molecule has 2 aliphatic carbocycles. The first-order valence-corrected chi connectivity index (χ1v) is 17.6. The van der Waals surface area contributed by atoms with E-state index >= 15 is 0 Å². The van der Waals surface area contributed by atoms with Crippen molar-refractivity contribution in [3.63, 3.8) is 0 Å². The first-order valence-electron chi connectivity index (χ1n) is 16.8. The summed E-state index contributed by atoms with van der Waals surface area (Å²) in [5.41, 5.74) is 6.51. The first-order chi connectivity index (χ1) is 23.3. The lowest BCUT2D eigenvalue weighted by Crippen LogP contribution is -2.34. The van der Waals surface area contributed by atoms with Gasteiger partial charge in [0.05, 0.1) is 47.9 Å². The van der Waals surface area contributed by atoms with Gasteiger partial charge in [-0.1, -0.05) is 59.6 Å². The van der Waals surface area contributed by atoms with Gasteiger partial charge in [0.25, 0.3) is 0 Å². The molecule has 0 amide bonds. The zero-order valence-corrected chi connectivity index (χ0v) is 29.0. The molecule has 0 aliphatic heterocycles. The quantitative estimate of drug-likeness (QED) is 0.128. The summed E-state index contributed by atoms with van der Waals surface area (Å²) in [6.07, 6.45) is 8.58. The summed E-state index contributed by atoms with van der Waals surface area (Å²) < 4.78 is 11.5. The maximum Gasteiger partial charge on any atom is 0.218 e. The highest BCUT2D eigenvalue weighted by molar-refractivity contribution is 6.39. The van der Waals surface area contributed by atoms with Crippen LogP contribution in [0.1, 0.15) is 62.5 Å². The summed E-state index contributed by atoms with van der Waals surface area (Å²) in [6.45, 7) is 1.31. The largest absolute Gasteiger partial charge is 0.496 e. The third-order valence-corrected chi connectivity index (χ3v) is 10.5. The molecule has 10 heteroatoms. The van der Waals surface area contributed by atoms with Crippen molar-refractivity contribution in [1.82, 2.24) is 20.6 Å². The Bertz CT molecular complexity index is 1580. The molecule has 2 aromatic carbocycles. The molecule has 2 aliphatic rings. The number of aliphatic hydroxyl groups excluding tert-OH is 2. The highest BCUT2D eigenvalue weighted by Crippen LogP contribution is 2.42. The van der Waals surface area contributed by atoms with Crippen molar-refractivity contribution < 1.29 is 19.7 Å². The molecule has 0 atom stereocenters. The SMILES string of the molecule is COc1cc(-c2nccc(-c3cccc(-c4ccc(CNC5CCC(O)CC5)c(OC)n4)c3Cl)c2Cl)ccc1CNC1CCC(O)CC1. The minimum absolute atomic E-state index is 0.175. The Morgan fingerprint density at radius 1 is 0.708 bits per heavy atom. The van der Waals surface area contributed by atoms with Gasteiger partial charge in [0.15, 0.2) is 0 Å². The van der Waals surface area contributed by atoms with Crippen LogP contribution in [0, 0.1) is 0 Å². The van der Waals surface area contributed by atoms with Crippen LogP contribution in [-0.2, 0) is 13.1 Å². The second-order valence-electron chi connectivity index (χ2n) is 12.9. The Balaban J connectivity index is 1.22. The minimum Gasteiger partial charge on any atom is -0.496 e. The van der Waals surface area contributed by atoms with Crippen molar-refractivity contribution >= 4 is 23.2 Å². The van der Waals surface area contributed by atoms with Gasteiger partial charge < -0.3 is 30.3 Å². The van der Waals surface area contributed by atoms with Crippen LogP contribution in [-0.4, -0.2) is 58.7 Å². The van der Waals surface area contributed by atoms with Crippen LogP contribution >= 0.6 is 23.2 Å². The van der Waals surface area contributed by atoms with Crippen LogP contribution in [0.3, 0.4) is 0 Å². The van der Waals surface area contributed by atoms with Crippen molar-refractivity contribution in [1.29, 1.82) is 0 Å². The van der Waals surface area contributed by atoms with Crippen molar-refractivity contribution in [2.45, 2.75) is 88.7 Å². The van der Waals surface area contributed by atoms with E-state index in [-0.39, 0.29) is 12.2 Å². The highest BCUT2D eigenvalue weighted by Gasteiger charge is 2.22. The molecule has 0 spiro atoms. The fourth-order valence-corrected chi connectivity index (χ4v) is 7.48. The van der Waals surface area contributed by atoms with Crippen molar-refractivity contribution in [3.8, 4) is 45.3 Å². The fraction of sp³-hybridized carbons (Fsp3) is 0.421. The molecule has 48 heavy (non-hydrogen) atoms. The Labute approximate surface area is 292 Å². The Morgan fingerprint density at radius 2 is 1.31 bits per heavy atom. The fourth-order valence-electron chi connectivity index (χ4n) is 6.83. The van der Waals surface area contributed by atoms with Crippen LogP contribution in [0.2, 0.25) is 10.0 Å². The summed E-state index contributed by atoms with van der Waals surface area (Å²) in [4.78, 5) is 9.48. The lowest BCUT2D eigenvalue weighted by Gasteiger charge is -2.26. The lowest BCUT2D eigenvalue weighted by atomic mass is 9.93. The van der Waals surface area contributed by atoms with E-state index in [1.54, 1.807) is 20.4 Å². The van der Waals surface area contributed by atoms with Gasteiger partial charge in [-0.25, -0.2) is 4.98 Å². The number of nitrogens with one attached hydrogen (secondary N) is 2. The third-order valence-electron chi connectivity index (χ3n) is 9.70. The van der Waals surface area contributed by atoms with Gasteiger partial charge in [-0.05, 0) is 69.6 Å². The second-order valence-corrected chi connectivity index (χ2v) is 13.6. The highest BCUT2D eigenvalue weighted by atomic mass is 35.5. The lowest BCUT2D eigenvalue weighted by molar-refractivity contribution is 0.116. The van der Waals surface area contributed by atoms with Crippen LogP contribution in [0.5, 0.6) is 11.6 Å². The van der Waals surface area contributed by atoms with Gasteiger partial charge in [-0.3, -0.25) is 4.98 Å². The molecule has 0 radical (unpaired) electrons. The smallest absolute Gasteiger partial charge is 0.218 e. The van der Waals surface area contributed by atoms with Crippen LogP contribution < -0.4 is 20.1 Å². The molecule has 0 bridgehead atoms. The number of pyridine rings is 2. The van der Waals surface area contributed by atoms with E-state index in [1.807, 2.05) is 48.5 Å². The molecular formula is C38H44Cl2N4O4. The molecule has 2 heterocycles.